The smallest absolute Gasteiger partial charge is 0.273 e. The van der Waals surface area contributed by atoms with Crippen molar-refractivity contribution in [3.63, 3.8) is 0 Å². The van der Waals surface area contributed by atoms with Gasteiger partial charge >= 0.3 is 0 Å². The van der Waals surface area contributed by atoms with E-state index in [1.54, 1.807) is 12.1 Å². The molecular weight excluding hydrogens is 258 g/mol. The Labute approximate surface area is 108 Å². The number of benzene rings is 1. The highest BCUT2D eigenvalue weighted by atomic mass is 35.5. The Morgan fingerprint density at radius 2 is 2.22 bits per heavy atom. The summed E-state index contributed by atoms with van der Waals surface area (Å²) in [6.07, 6.45) is 1.47. The summed E-state index contributed by atoms with van der Waals surface area (Å²) in [5, 5.41) is 18.1. The minimum atomic E-state index is -0.427. The molecule has 1 N–H and O–H groups in total. The second-order valence-electron chi connectivity index (χ2n) is 3.62. The van der Waals surface area contributed by atoms with E-state index in [9.17, 15) is 10.1 Å². The van der Waals surface area contributed by atoms with Crippen LogP contribution in [0.15, 0.2) is 35.1 Å². The summed E-state index contributed by atoms with van der Waals surface area (Å²) in [6.45, 7) is 0.809. The van der Waals surface area contributed by atoms with Crippen LogP contribution in [-0.2, 0) is 13.1 Å². The van der Waals surface area contributed by atoms with Crippen molar-refractivity contribution in [2.75, 3.05) is 0 Å². The van der Waals surface area contributed by atoms with Gasteiger partial charge in [0.2, 0.25) is 0 Å². The van der Waals surface area contributed by atoms with Crippen LogP contribution in [0.4, 0.5) is 5.69 Å². The van der Waals surface area contributed by atoms with E-state index in [-0.39, 0.29) is 5.69 Å². The van der Waals surface area contributed by atoms with Crippen molar-refractivity contribution in [1.82, 2.24) is 10.5 Å². The lowest BCUT2D eigenvalue weighted by atomic mass is 10.2. The highest BCUT2D eigenvalue weighted by Crippen LogP contribution is 2.22. The molecule has 0 aliphatic rings. The fraction of sp³-hybridized carbons (Fsp3) is 0.182. The van der Waals surface area contributed by atoms with E-state index >= 15 is 0 Å². The van der Waals surface area contributed by atoms with Crippen LogP contribution in [0.1, 0.15) is 11.3 Å². The third kappa shape index (κ3) is 3.06. The fourth-order valence-corrected chi connectivity index (χ4v) is 1.72. The van der Waals surface area contributed by atoms with Crippen molar-refractivity contribution in [2.24, 2.45) is 0 Å². The summed E-state index contributed by atoms with van der Waals surface area (Å²) in [6, 6.07) is 6.20. The molecule has 6 nitrogen and oxygen atoms in total. The largest absolute Gasteiger partial charge is 0.364 e. The van der Waals surface area contributed by atoms with E-state index in [4.69, 9.17) is 11.6 Å². The number of nitrogens with one attached hydrogen (secondary N) is 1. The van der Waals surface area contributed by atoms with Gasteiger partial charge in [-0.05, 0) is 12.1 Å². The highest BCUT2D eigenvalue weighted by Gasteiger charge is 2.13. The van der Waals surface area contributed by atoms with Gasteiger partial charge in [-0.1, -0.05) is 16.8 Å². The van der Waals surface area contributed by atoms with Crippen LogP contribution >= 0.6 is 11.6 Å². The Hall–Kier alpha value is -1.92. The van der Waals surface area contributed by atoms with Gasteiger partial charge in [-0.15, -0.1) is 0 Å². The molecule has 0 bridgehead atoms. The van der Waals surface area contributed by atoms with Crippen molar-refractivity contribution in [3.05, 3.63) is 56.9 Å². The maximum atomic E-state index is 10.8. The Morgan fingerprint density at radius 3 is 2.89 bits per heavy atom. The number of rotatable bonds is 5. The lowest BCUT2D eigenvalue weighted by Crippen LogP contribution is -2.14. The zero-order valence-corrected chi connectivity index (χ0v) is 10.1. The van der Waals surface area contributed by atoms with E-state index in [0.29, 0.717) is 23.7 Å². The number of hydrogen-bond donors (Lipinski definition) is 1. The summed E-state index contributed by atoms with van der Waals surface area (Å²) in [4.78, 5) is 10.4. The SMILES string of the molecule is O=[N+]([O-])c1ccc(Cl)cc1CNCc1ccon1. The molecule has 0 saturated heterocycles. The van der Waals surface area contributed by atoms with E-state index in [2.05, 4.69) is 15.0 Å². The molecule has 7 heteroatoms. The molecule has 2 rings (SSSR count). The van der Waals surface area contributed by atoms with Crippen LogP contribution in [0, 0.1) is 10.1 Å². The van der Waals surface area contributed by atoms with E-state index in [1.807, 2.05) is 0 Å². The summed E-state index contributed by atoms with van der Waals surface area (Å²) >= 11 is 5.82. The molecule has 0 saturated carbocycles. The first kappa shape index (κ1) is 12.5. The zero-order valence-electron chi connectivity index (χ0n) is 9.30. The van der Waals surface area contributed by atoms with Crippen LogP contribution in [0.5, 0.6) is 0 Å². The molecule has 0 atom stereocenters. The van der Waals surface area contributed by atoms with Gasteiger partial charge in [0.05, 0.1) is 10.6 Å². The van der Waals surface area contributed by atoms with Gasteiger partial charge in [-0.2, -0.15) is 0 Å². The maximum Gasteiger partial charge on any atom is 0.273 e. The monoisotopic (exact) mass is 267 g/mol. The number of nitro benzene ring substituents is 1. The number of hydrogen-bond acceptors (Lipinski definition) is 5. The molecule has 18 heavy (non-hydrogen) atoms. The lowest BCUT2D eigenvalue weighted by molar-refractivity contribution is -0.385. The van der Waals surface area contributed by atoms with Crippen molar-refractivity contribution in [3.8, 4) is 0 Å². The van der Waals surface area contributed by atoms with Crippen LogP contribution in [0.25, 0.3) is 0 Å². The van der Waals surface area contributed by atoms with E-state index in [0.717, 1.165) is 5.69 Å². The molecule has 0 aliphatic heterocycles. The van der Waals surface area contributed by atoms with Gasteiger partial charge in [0.25, 0.3) is 5.69 Å². The standard InChI is InChI=1S/C11H10ClN3O3/c12-9-1-2-11(15(16)17)8(5-9)6-13-7-10-3-4-18-14-10/h1-5,13H,6-7H2. The minimum Gasteiger partial charge on any atom is -0.364 e. The van der Waals surface area contributed by atoms with Crippen molar-refractivity contribution in [1.29, 1.82) is 0 Å². The number of nitrogens with zero attached hydrogens (tertiary/aromatic N) is 2. The minimum absolute atomic E-state index is 0.0482. The van der Waals surface area contributed by atoms with Gasteiger partial charge in [0.15, 0.2) is 0 Å². The molecule has 1 aromatic heterocycles. The average Bonchev–Trinajstić information content (AvgIpc) is 2.82. The number of aromatic nitrogens is 1. The molecule has 1 aromatic carbocycles. The molecule has 0 radical (unpaired) electrons. The normalized spacial score (nSPS) is 10.5. The second-order valence-corrected chi connectivity index (χ2v) is 4.06. The van der Waals surface area contributed by atoms with Gasteiger partial charge in [-0.25, -0.2) is 0 Å². The fourth-order valence-electron chi connectivity index (χ4n) is 1.53. The van der Waals surface area contributed by atoms with Gasteiger partial charge in [0, 0.05) is 35.8 Å². The van der Waals surface area contributed by atoms with Crippen molar-refractivity contribution < 1.29 is 9.45 Å². The summed E-state index contributed by atoms with van der Waals surface area (Å²) in [5.41, 5.74) is 1.32. The Morgan fingerprint density at radius 1 is 1.39 bits per heavy atom. The topological polar surface area (TPSA) is 81.2 Å². The first-order chi connectivity index (χ1) is 8.66. The van der Waals surface area contributed by atoms with E-state index in [1.165, 1.54) is 18.4 Å². The van der Waals surface area contributed by atoms with Crippen LogP contribution in [-0.4, -0.2) is 10.1 Å². The van der Waals surface area contributed by atoms with Crippen molar-refractivity contribution in [2.45, 2.75) is 13.1 Å². The van der Waals surface area contributed by atoms with Gasteiger partial charge in [0.1, 0.15) is 6.26 Å². The molecule has 94 valence electrons. The molecule has 0 aliphatic carbocycles. The van der Waals surface area contributed by atoms with Crippen LogP contribution in [0.2, 0.25) is 5.02 Å². The maximum absolute atomic E-state index is 10.8. The zero-order chi connectivity index (χ0) is 13.0. The second kappa shape index (κ2) is 5.61. The van der Waals surface area contributed by atoms with Gasteiger partial charge < -0.3 is 9.84 Å². The predicted molar refractivity (Wildman–Crippen MR) is 65.2 cm³/mol. The summed E-state index contributed by atoms with van der Waals surface area (Å²) in [5.74, 6) is 0. The molecule has 1 heterocycles. The first-order valence-electron chi connectivity index (χ1n) is 5.19. The lowest BCUT2D eigenvalue weighted by Gasteiger charge is -2.04. The Bertz CT molecular complexity index is 542. The van der Waals surface area contributed by atoms with Crippen molar-refractivity contribution >= 4 is 17.3 Å². The van der Waals surface area contributed by atoms with Crippen LogP contribution in [0.3, 0.4) is 0 Å². The van der Waals surface area contributed by atoms with Crippen LogP contribution < -0.4 is 5.32 Å². The Balaban J connectivity index is 2.03. The summed E-state index contributed by atoms with van der Waals surface area (Å²) < 4.78 is 4.68. The Kier molecular flexibility index (Phi) is 3.91. The quantitative estimate of drug-likeness (QED) is 0.665. The predicted octanol–water partition coefficient (Wildman–Crippen LogP) is 2.53. The number of nitro groups is 1. The molecular formula is C11H10ClN3O3. The molecule has 2 aromatic rings. The molecule has 0 spiro atoms. The highest BCUT2D eigenvalue weighted by molar-refractivity contribution is 6.30. The van der Waals surface area contributed by atoms with E-state index < -0.39 is 4.92 Å². The summed E-state index contributed by atoms with van der Waals surface area (Å²) in [7, 11) is 0. The van der Waals surface area contributed by atoms with Gasteiger partial charge in [-0.3, -0.25) is 10.1 Å². The first-order valence-corrected chi connectivity index (χ1v) is 5.57. The average molecular weight is 268 g/mol. The molecule has 0 fully saturated rings. The molecule has 0 unspecified atom stereocenters. The number of halogens is 1. The molecule has 0 amide bonds. The third-order valence-corrected chi connectivity index (χ3v) is 2.59. The third-order valence-electron chi connectivity index (χ3n) is 2.35.